The largest absolute Gasteiger partial charge is 0.309 e. The number of aromatic nitrogens is 3. The molecule has 3 heterocycles. The third-order valence-electron chi connectivity index (χ3n) is 9.78. The van der Waals surface area contributed by atoms with Gasteiger partial charge in [0.25, 0.3) is 0 Å². The Morgan fingerprint density at radius 1 is 0.583 bits per heavy atom. The first-order chi connectivity index (χ1) is 23.8. The third kappa shape index (κ3) is 4.20. The summed E-state index contributed by atoms with van der Waals surface area (Å²) >= 11 is 1.88. The summed E-state index contributed by atoms with van der Waals surface area (Å²) in [5.41, 5.74) is 12.3. The van der Waals surface area contributed by atoms with Crippen molar-refractivity contribution >= 4 is 59.4 Å². The van der Waals surface area contributed by atoms with Gasteiger partial charge in [-0.1, -0.05) is 97.1 Å². The molecule has 1 aliphatic carbocycles. The van der Waals surface area contributed by atoms with E-state index in [4.69, 9.17) is 9.97 Å². The Labute approximate surface area is 282 Å². The first kappa shape index (κ1) is 27.3. The van der Waals surface area contributed by atoms with E-state index >= 15 is 0 Å². The van der Waals surface area contributed by atoms with Gasteiger partial charge < -0.3 is 4.57 Å². The Balaban J connectivity index is 1.39. The first-order valence-corrected chi connectivity index (χ1v) is 17.3. The zero-order valence-electron chi connectivity index (χ0n) is 26.1. The monoisotopic (exact) mass is 631 g/mol. The number of allylic oxidation sites excluding steroid dienone is 1. The minimum Gasteiger partial charge on any atom is -0.309 e. The SMILES string of the molecule is C1=Cc2cccc(-n3c4ccc(-c5ccccc5)cc4c4c5sc6ccc(-c7ccccc7)cc6c5c(-c5ncccn5)cc43)c2CC1. The average Bonchev–Trinajstić information content (AvgIpc) is 3.70. The van der Waals surface area contributed by atoms with Crippen LogP contribution >= 0.6 is 11.3 Å². The van der Waals surface area contributed by atoms with Crippen LogP contribution in [0.4, 0.5) is 0 Å². The summed E-state index contributed by atoms with van der Waals surface area (Å²) in [4.78, 5) is 9.66. The predicted octanol–water partition coefficient (Wildman–Crippen LogP) is 11.9. The molecular formula is C44H29N3S. The van der Waals surface area contributed by atoms with Crippen molar-refractivity contribution in [2.75, 3.05) is 0 Å². The molecule has 3 aromatic heterocycles. The van der Waals surface area contributed by atoms with Crippen LogP contribution in [0.15, 0.2) is 146 Å². The molecule has 48 heavy (non-hydrogen) atoms. The molecule has 4 heteroatoms. The minimum atomic E-state index is 0.744. The van der Waals surface area contributed by atoms with E-state index in [2.05, 4.69) is 138 Å². The van der Waals surface area contributed by atoms with Gasteiger partial charge in [-0.3, -0.25) is 0 Å². The van der Waals surface area contributed by atoms with Gasteiger partial charge >= 0.3 is 0 Å². The zero-order chi connectivity index (χ0) is 31.6. The lowest BCUT2D eigenvalue weighted by Crippen LogP contribution is -2.04. The molecule has 0 fully saturated rings. The zero-order valence-corrected chi connectivity index (χ0v) is 26.9. The second kappa shape index (κ2) is 10.9. The summed E-state index contributed by atoms with van der Waals surface area (Å²) < 4.78 is 5.04. The topological polar surface area (TPSA) is 30.7 Å². The van der Waals surface area contributed by atoms with Crippen molar-refractivity contribution in [3.8, 4) is 39.3 Å². The molecule has 0 amide bonds. The molecular weight excluding hydrogens is 603 g/mol. The average molecular weight is 632 g/mol. The second-order valence-electron chi connectivity index (χ2n) is 12.5. The molecule has 0 radical (unpaired) electrons. The maximum atomic E-state index is 4.83. The Hall–Kier alpha value is -5.84. The van der Waals surface area contributed by atoms with Gasteiger partial charge in [0.05, 0.1) is 11.0 Å². The van der Waals surface area contributed by atoms with Gasteiger partial charge in [-0.05, 0) is 88.7 Å². The maximum Gasteiger partial charge on any atom is 0.159 e. The standard InChI is InChI=1S/C44H29N3S/c1-3-11-28(12-4-1)31-19-21-38-34(25-31)42-39(47(38)37-18-9-16-30-15-7-8-17-33(30)37)27-36(44-45-23-10-24-46-44)41-35-26-32(29-13-5-2-6-14-29)20-22-40(35)48-43(41)42/h1-7,9-16,18-27H,8,17H2. The smallest absolute Gasteiger partial charge is 0.159 e. The number of hydrogen-bond acceptors (Lipinski definition) is 3. The van der Waals surface area contributed by atoms with E-state index in [1.807, 2.05) is 29.8 Å². The summed E-state index contributed by atoms with van der Waals surface area (Å²) in [6.45, 7) is 0. The summed E-state index contributed by atoms with van der Waals surface area (Å²) in [5, 5.41) is 5.00. The highest BCUT2D eigenvalue weighted by molar-refractivity contribution is 7.27. The van der Waals surface area contributed by atoms with Gasteiger partial charge in [0.15, 0.2) is 5.82 Å². The van der Waals surface area contributed by atoms with Crippen molar-refractivity contribution in [2.24, 2.45) is 0 Å². The molecule has 0 aliphatic heterocycles. The molecule has 10 rings (SSSR count). The summed E-state index contributed by atoms with van der Waals surface area (Å²) in [7, 11) is 0. The van der Waals surface area contributed by atoms with Crippen molar-refractivity contribution in [2.45, 2.75) is 12.8 Å². The van der Waals surface area contributed by atoms with Gasteiger partial charge in [0, 0.05) is 54.6 Å². The molecule has 0 N–H and O–H groups in total. The van der Waals surface area contributed by atoms with E-state index < -0.39 is 0 Å². The van der Waals surface area contributed by atoms with Crippen LogP contribution in [0.2, 0.25) is 0 Å². The molecule has 9 aromatic rings. The Morgan fingerprint density at radius 2 is 1.31 bits per heavy atom. The van der Waals surface area contributed by atoms with E-state index in [1.165, 1.54) is 81.0 Å². The van der Waals surface area contributed by atoms with Gasteiger partial charge in [-0.2, -0.15) is 0 Å². The third-order valence-corrected chi connectivity index (χ3v) is 11.0. The van der Waals surface area contributed by atoms with E-state index in [9.17, 15) is 0 Å². The fraction of sp³-hybridized carbons (Fsp3) is 0.0455. The molecule has 226 valence electrons. The van der Waals surface area contributed by atoms with Crippen molar-refractivity contribution in [1.82, 2.24) is 14.5 Å². The number of rotatable bonds is 4. The lowest BCUT2D eigenvalue weighted by atomic mass is 9.95. The molecule has 0 bridgehead atoms. The molecule has 6 aromatic carbocycles. The van der Waals surface area contributed by atoms with Crippen LogP contribution in [0.3, 0.4) is 0 Å². The molecule has 0 saturated heterocycles. The number of nitrogens with zero attached hydrogens (tertiary/aromatic N) is 3. The van der Waals surface area contributed by atoms with Gasteiger partial charge in [0.2, 0.25) is 0 Å². The van der Waals surface area contributed by atoms with Crippen LogP contribution in [0.5, 0.6) is 0 Å². The van der Waals surface area contributed by atoms with Gasteiger partial charge in [0.1, 0.15) is 0 Å². The Morgan fingerprint density at radius 3 is 2.08 bits per heavy atom. The quantitative estimate of drug-likeness (QED) is 0.193. The van der Waals surface area contributed by atoms with Crippen molar-refractivity contribution < 1.29 is 0 Å². The molecule has 0 saturated carbocycles. The normalized spacial score (nSPS) is 12.8. The summed E-state index contributed by atoms with van der Waals surface area (Å²) in [5.74, 6) is 0.744. The Kier molecular flexibility index (Phi) is 6.18. The fourth-order valence-electron chi connectivity index (χ4n) is 7.60. The number of thiophene rings is 1. The van der Waals surface area contributed by atoms with Crippen LogP contribution in [-0.4, -0.2) is 14.5 Å². The number of benzene rings is 6. The first-order valence-electron chi connectivity index (χ1n) is 16.5. The maximum absolute atomic E-state index is 4.83. The van der Waals surface area contributed by atoms with Crippen LogP contribution < -0.4 is 0 Å². The Bertz CT molecular complexity index is 2700. The van der Waals surface area contributed by atoms with Crippen molar-refractivity contribution in [3.63, 3.8) is 0 Å². The summed E-state index contributed by atoms with van der Waals surface area (Å²) in [6, 6.07) is 46.3. The minimum absolute atomic E-state index is 0.744. The molecule has 0 unspecified atom stereocenters. The lowest BCUT2D eigenvalue weighted by Gasteiger charge is -2.18. The van der Waals surface area contributed by atoms with Gasteiger partial charge in [-0.15, -0.1) is 11.3 Å². The molecule has 0 spiro atoms. The van der Waals surface area contributed by atoms with Crippen molar-refractivity contribution in [1.29, 1.82) is 0 Å². The van der Waals surface area contributed by atoms with Crippen molar-refractivity contribution in [3.05, 3.63) is 157 Å². The predicted molar refractivity (Wildman–Crippen MR) is 203 cm³/mol. The second-order valence-corrected chi connectivity index (χ2v) is 13.5. The van der Waals surface area contributed by atoms with E-state index in [0.29, 0.717) is 0 Å². The van der Waals surface area contributed by atoms with E-state index in [-0.39, 0.29) is 0 Å². The highest BCUT2D eigenvalue weighted by Crippen LogP contribution is 2.48. The number of hydrogen-bond donors (Lipinski definition) is 0. The highest BCUT2D eigenvalue weighted by atomic mass is 32.1. The molecule has 0 atom stereocenters. The highest BCUT2D eigenvalue weighted by Gasteiger charge is 2.24. The molecule has 3 nitrogen and oxygen atoms in total. The molecule has 1 aliphatic rings. The van der Waals surface area contributed by atoms with Crippen LogP contribution in [0.25, 0.3) is 87.4 Å². The van der Waals surface area contributed by atoms with E-state index in [1.54, 1.807) is 0 Å². The lowest BCUT2D eigenvalue weighted by molar-refractivity contribution is 0.961. The van der Waals surface area contributed by atoms with Crippen LogP contribution in [0.1, 0.15) is 17.5 Å². The van der Waals surface area contributed by atoms with Crippen LogP contribution in [-0.2, 0) is 6.42 Å². The van der Waals surface area contributed by atoms with E-state index in [0.717, 1.165) is 24.2 Å². The fourth-order valence-corrected chi connectivity index (χ4v) is 8.86. The number of fused-ring (bicyclic) bond motifs is 8. The van der Waals surface area contributed by atoms with Gasteiger partial charge in [-0.25, -0.2) is 9.97 Å². The summed E-state index contributed by atoms with van der Waals surface area (Å²) in [6.07, 6.45) is 10.3. The van der Waals surface area contributed by atoms with Crippen LogP contribution in [0, 0.1) is 0 Å².